The fraction of sp³-hybridized carbons (Fsp3) is 0.294. The third kappa shape index (κ3) is 2.78. The van der Waals surface area contributed by atoms with Crippen LogP contribution in [0.3, 0.4) is 0 Å². The van der Waals surface area contributed by atoms with Gasteiger partial charge in [-0.1, -0.05) is 17.7 Å². The number of imidazole rings is 1. The lowest BCUT2D eigenvalue weighted by molar-refractivity contribution is 0.788. The predicted molar refractivity (Wildman–Crippen MR) is 93.1 cm³/mol. The van der Waals surface area contributed by atoms with E-state index in [0.29, 0.717) is 6.04 Å². The van der Waals surface area contributed by atoms with Gasteiger partial charge in [-0.05, 0) is 43.7 Å². The van der Waals surface area contributed by atoms with Gasteiger partial charge >= 0.3 is 0 Å². The molecule has 3 aromatic rings. The van der Waals surface area contributed by atoms with Crippen LogP contribution in [0.2, 0.25) is 5.02 Å². The molecule has 0 amide bonds. The Labute approximate surface area is 139 Å². The fourth-order valence-electron chi connectivity index (χ4n) is 2.93. The Morgan fingerprint density at radius 3 is 3.13 bits per heavy atom. The number of hydrogen-bond acceptors (Lipinski definition) is 4. The molecule has 3 aromatic heterocycles. The van der Waals surface area contributed by atoms with E-state index in [1.165, 1.54) is 0 Å². The van der Waals surface area contributed by atoms with Gasteiger partial charge in [0, 0.05) is 18.8 Å². The van der Waals surface area contributed by atoms with E-state index in [-0.39, 0.29) is 0 Å². The molecule has 1 saturated heterocycles. The van der Waals surface area contributed by atoms with Gasteiger partial charge in [0.2, 0.25) is 0 Å². The molecule has 1 aliphatic heterocycles. The highest BCUT2D eigenvalue weighted by Gasteiger charge is 2.15. The van der Waals surface area contributed by atoms with Crippen molar-refractivity contribution in [1.82, 2.24) is 19.7 Å². The van der Waals surface area contributed by atoms with Gasteiger partial charge in [-0.15, -0.1) is 0 Å². The molecule has 6 heteroatoms. The first-order chi connectivity index (χ1) is 11.2. The topological polar surface area (TPSA) is 54.2 Å². The number of aromatic nitrogens is 3. The van der Waals surface area contributed by atoms with Gasteiger partial charge in [-0.2, -0.15) is 0 Å². The van der Waals surface area contributed by atoms with Crippen molar-refractivity contribution in [2.45, 2.75) is 19.4 Å². The number of halogens is 1. The third-order valence-corrected chi connectivity index (χ3v) is 4.61. The summed E-state index contributed by atoms with van der Waals surface area (Å²) in [7, 11) is 0. The third-order valence-electron chi connectivity index (χ3n) is 4.21. The average molecular weight is 328 g/mol. The van der Waals surface area contributed by atoms with Crippen LogP contribution in [0.25, 0.3) is 17.0 Å². The van der Waals surface area contributed by atoms with Gasteiger partial charge in [0.25, 0.3) is 0 Å². The summed E-state index contributed by atoms with van der Waals surface area (Å²) >= 11 is 6.26. The Hall–Kier alpha value is -2.11. The number of fused-ring (bicyclic) bond motifs is 1. The number of hydrogen-bond donors (Lipinski definition) is 2. The van der Waals surface area contributed by atoms with Crippen molar-refractivity contribution in [2.24, 2.45) is 0 Å². The molecule has 4 heterocycles. The van der Waals surface area contributed by atoms with Gasteiger partial charge in [0.1, 0.15) is 11.5 Å². The molecule has 1 aliphatic rings. The van der Waals surface area contributed by atoms with Gasteiger partial charge in [0.15, 0.2) is 0 Å². The minimum Gasteiger partial charge on any atom is -0.366 e. The zero-order valence-electron chi connectivity index (χ0n) is 12.9. The molecule has 0 spiro atoms. The van der Waals surface area contributed by atoms with E-state index in [9.17, 15) is 0 Å². The van der Waals surface area contributed by atoms with Crippen LogP contribution in [0, 0.1) is 6.92 Å². The second-order valence-electron chi connectivity index (χ2n) is 5.92. The van der Waals surface area contributed by atoms with E-state index in [2.05, 4.69) is 15.6 Å². The lowest BCUT2D eigenvalue weighted by Crippen LogP contribution is -2.22. The fourth-order valence-corrected chi connectivity index (χ4v) is 3.08. The predicted octanol–water partition coefficient (Wildman–Crippen LogP) is 3.13. The summed E-state index contributed by atoms with van der Waals surface area (Å²) in [5.74, 6) is 0.893. The zero-order valence-corrected chi connectivity index (χ0v) is 13.6. The molecule has 1 fully saturated rings. The number of anilines is 1. The maximum Gasteiger partial charge on any atom is 0.137 e. The Kier molecular flexibility index (Phi) is 3.67. The smallest absolute Gasteiger partial charge is 0.137 e. The zero-order chi connectivity index (χ0) is 15.8. The largest absolute Gasteiger partial charge is 0.366 e. The molecule has 5 nitrogen and oxygen atoms in total. The lowest BCUT2D eigenvalue weighted by atomic mass is 10.2. The van der Waals surface area contributed by atoms with Crippen LogP contribution in [-0.4, -0.2) is 33.5 Å². The summed E-state index contributed by atoms with van der Waals surface area (Å²) in [6.07, 6.45) is 4.86. The minimum atomic E-state index is 0.442. The first kappa shape index (κ1) is 14.5. The van der Waals surface area contributed by atoms with E-state index >= 15 is 0 Å². The molecule has 1 atom stereocenters. The number of rotatable bonds is 3. The number of aryl methyl sites for hydroxylation is 1. The molecule has 0 saturated carbocycles. The number of pyridine rings is 2. The van der Waals surface area contributed by atoms with E-state index in [1.807, 2.05) is 48.0 Å². The van der Waals surface area contributed by atoms with Crippen LogP contribution in [0.4, 0.5) is 5.82 Å². The molecule has 2 N–H and O–H groups in total. The molecule has 0 radical (unpaired) electrons. The Morgan fingerprint density at radius 2 is 2.30 bits per heavy atom. The summed E-state index contributed by atoms with van der Waals surface area (Å²) < 4.78 is 1.98. The van der Waals surface area contributed by atoms with Crippen LogP contribution >= 0.6 is 11.6 Å². The molecule has 0 aromatic carbocycles. The van der Waals surface area contributed by atoms with Crippen LogP contribution < -0.4 is 10.6 Å². The Morgan fingerprint density at radius 1 is 1.39 bits per heavy atom. The number of nitrogens with zero attached hydrogens (tertiary/aromatic N) is 3. The monoisotopic (exact) mass is 327 g/mol. The van der Waals surface area contributed by atoms with Crippen molar-refractivity contribution in [3.63, 3.8) is 0 Å². The highest BCUT2D eigenvalue weighted by Crippen LogP contribution is 2.24. The normalized spacial score (nSPS) is 17.7. The Bertz CT molecular complexity index is 851. The van der Waals surface area contributed by atoms with E-state index in [4.69, 9.17) is 16.6 Å². The highest BCUT2D eigenvalue weighted by atomic mass is 35.5. The molecule has 1 unspecified atom stereocenters. The molecule has 118 valence electrons. The second kappa shape index (κ2) is 5.83. The van der Waals surface area contributed by atoms with Gasteiger partial charge in [-0.25, -0.2) is 9.97 Å². The van der Waals surface area contributed by atoms with Crippen LogP contribution in [0.5, 0.6) is 0 Å². The maximum absolute atomic E-state index is 6.26. The first-order valence-corrected chi connectivity index (χ1v) is 8.16. The number of nitrogens with one attached hydrogen (secondary N) is 2. The van der Waals surface area contributed by atoms with Crippen molar-refractivity contribution in [3.8, 4) is 11.4 Å². The van der Waals surface area contributed by atoms with Crippen LogP contribution in [0.15, 0.2) is 36.7 Å². The van der Waals surface area contributed by atoms with E-state index in [0.717, 1.165) is 52.9 Å². The standard InChI is InChI=1S/C17H18ClN5/c1-11-7-17-20-9-15(23(17)10-13(11)18)14-3-2-4-16(22-14)21-12-5-6-19-8-12/h2-4,7,9-10,12,19H,5-6,8H2,1H3,(H,21,22). The molecule has 4 rings (SSSR count). The maximum atomic E-state index is 6.26. The van der Waals surface area contributed by atoms with Crippen molar-refractivity contribution in [1.29, 1.82) is 0 Å². The summed E-state index contributed by atoms with van der Waals surface area (Å²) in [6, 6.07) is 8.44. The lowest BCUT2D eigenvalue weighted by Gasteiger charge is -2.12. The van der Waals surface area contributed by atoms with Crippen molar-refractivity contribution in [3.05, 3.63) is 47.2 Å². The molecule has 0 aliphatic carbocycles. The van der Waals surface area contributed by atoms with Crippen molar-refractivity contribution in [2.75, 3.05) is 18.4 Å². The summed E-state index contributed by atoms with van der Waals surface area (Å²) in [6.45, 7) is 4.02. The van der Waals surface area contributed by atoms with E-state index in [1.54, 1.807) is 0 Å². The average Bonchev–Trinajstić information content (AvgIpc) is 3.18. The van der Waals surface area contributed by atoms with Gasteiger partial charge in [0.05, 0.1) is 22.6 Å². The second-order valence-corrected chi connectivity index (χ2v) is 6.33. The quantitative estimate of drug-likeness (QED) is 0.776. The van der Waals surface area contributed by atoms with Crippen LogP contribution in [-0.2, 0) is 0 Å². The van der Waals surface area contributed by atoms with Crippen LogP contribution in [0.1, 0.15) is 12.0 Å². The van der Waals surface area contributed by atoms with Crippen molar-refractivity contribution < 1.29 is 0 Å². The summed E-state index contributed by atoms with van der Waals surface area (Å²) in [5, 5.41) is 7.56. The molecule has 23 heavy (non-hydrogen) atoms. The molecule has 0 bridgehead atoms. The van der Waals surface area contributed by atoms with Gasteiger partial charge < -0.3 is 10.6 Å². The SMILES string of the molecule is Cc1cc2ncc(-c3cccc(NC4CCNC4)n3)n2cc1Cl. The molecular weight excluding hydrogens is 310 g/mol. The first-order valence-electron chi connectivity index (χ1n) is 7.78. The Balaban J connectivity index is 1.71. The van der Waals surface area contributed by atoms with E-state index < -0.39 is 0 Å². The summed E-state index contributed by atoms with van der Waals surface area (Å²) in [4.78, 5) is 9.20. The molecular formula is C17H18ClN5. The highest BCUT2D eigenvalue weighted by molar-refractivity contribution is 6.31. The van der Waals surface area contributed by atoms with Crippen molar-refractivity contribution >= 4 is 23.1 Å². The van der Waals surface area contributed by atoms with Gasteiger partial charge in [-0.3, -0.25) is 4.40 Å². The minimum absolute atomic E-state index is 0.442. The summed E-state index contributed by atoms with van der Waals surface area (Å²) in [5.41, 5.74) is 3.72.